The molecular weight excluding hydrogens is 426 g/mol. The Morgan fingerprint density at radius 1 is 1.24 bits per heavy atom. The molecule has 2 aromatic heterocycles. The first kappa shape index (κ1) is 22.6. The highest BCUT2D eigenvalue weighted by atomic mass is 19.1. The Labute approximate surface area is 190 Å². The van der Waals surface area contributed by atoms with Crippen LogP contribution in [0.1, 0.15) is 49.6 Å². The van der Waals surface area contributed by atoms with Gasteiger partial charge in [-0.1, -0.05) is 13.0 Å². The van der Waals surface area contributed by atoms with Gasteiger partial charge in [-0.25, -0.2) is 23.4 Å². The van der Waals surface area contributed by atoms with E-state index in [0.29, 0.717) is 30.2 Å². The summed E-state index contributed by atoms with van der Waals surface area (Å²) < 4.78 is 29.9. The Bertz CT molecular complexity index is 1210. The number of aromatic nitrogens is 4. The van der Waals surface area contributed by atoms with Gasteiger partial charge in [0.1, 0.15) is 11.6 Å². The topological polar surface area (TPSA) is 116 Å². The molecule has 1 atom stereocenters. The Balaban J connectivity index is 1.78. The highest BCUT2D eigenvalue weighted by molar-refractivity contribution is 5.67. The summed E-state index contributed by atoms with van der Waals surface area (Å²) in [5.41, 5.74) is 14.5. The molecule has 1 aliphatic carbocycles. The Kier molecular flexibility index (Phi) is 6.24. The second kappa shape index (κ2) is 9.11. The fraction of sp³-hybridized carbons (Fsp3) is 0.292. The summed E-state index contributed by atoms with van der Waals surface area (Å²) in [5.74, 6) is -1.08. The van der Waals surface area contributed by atoms with Gasteiger partial charge < -0.3 is 16.6 Å². The van der Waals surface area contributed by atoms with E-state index in [4.69, 9.17) is 16.5 Å². The van der Waals surface area contributed by atoms with Gasteiger partial charge >= 0.3 is 0 Å². The second-order valence-electron chi connectivity index (χ2n) is 8.08. The molecule has 0 amide bonds. The monoisotopic (exact) mass is 452 g/mol. The molecule has 0 bridgehead atoms. The maximum absolute atomic E-state index is 14.2. The van der Waals surface area contributed by atoms with E-state index in [9.17, 15) is 13.9 Å². The summed E-state index contributed by atoms with van der Waals surface area (Å²) in [6.45, 7) is 1.85. The summed E-state index contributed by atoms with van der Waals surface area (Å²) in [6.07, 6.45) is 7.78. The van der Waals surface area contributed by atoms with Crippen LogP contribution in [0.2, 0.25) is 0 Å². The molecule has 9 heteroatoms. The Hall–Kier alpha value is -3.59. The van der Waals surface area contributed by atoms with E-state index >= 15 is 0 Å². The molecule has 0 radical (unpaired) electrons. The van der Waals surface area contributed by atoms with Gasteiger partial charge in [-0.15, -0.1) is 0 Å². The van der Waals surface area contributed by atoms with Crippen LogP contribution in [0.15, 0.2) is 60.1 Å². The van der Waals surface area contributed by atoms with Crippen LogP contribution in [0.3, 0.4) is 0 Å². The third-order valence-electron chi connectivity index (χ3n) is 6.24. The highest BCUT2D eigenvalue weighted by Crippen LogP contribution is 2.43. The average molecular weight is 453 g/mol. The van der Waals surface area contributed by atoms with Crippen LogP contribution in [-0.4, -0.2) is 24.9 Å². The molecule has 0 aliphatic heterocycles. The second-order valence-corrected chi connectivity index (χ2v) is 8.08. The number of nitrogens with zero attached hydrogens (tertiary/aromatic N) is 4. The number of hydrogen-bond acceptors (Lipinski definition) is 6. The summed E-state index contributed by atoms with van der Waals surface area (Å²) in [7, 11) is 0. The predicted molar refractivity (Wildman–Crippen MR) is 121 cm³/mol. The molecular formula is C24H26F2N6O. The van der Waals surface area contributed by atoms with Gasteiger partial charge in [-0.05, 0) is 61.6 Å². The summed E-state index contributed by atoms with van der Waals surface area (Å²) in [5, 5.41) is 13.5. The van der Waals surface area contributed by atoms with E-state index in [1.165, 1.54) is 22.9 Å². The SMILES string of the molecule is CCC1(c2ccnc(-n3ccc(CO)n3)n2)CCCC(/C=C(\N)c2c(F)cccc2F)=C1N. The summed E-state index contributed by atoms with van der Waals surface area (Å²) >= 11 is 0. The van der Waals surface area contributed by atoms with Crippen LogP contribution in [0.4, 0.5) is 8.78 Å². The van der Waals surface area contributed by atoms with Crippen LogP contribution in [-0.2, 0) is 12.0 Å². The van der Waals surface area contributed by atoms with Crippen LogP contribution in [0, 0.1) is 11.6 Å². The van der Waals surface area contributed by atoms with Crippen molar-refractivity contribution in [3.05, 3.63) is 88.7 Å². The molecule has 0 saturated heterocycles. The van der Waals surface area contributed by atoms with Gasteiger partial charge in [0.25, 0.3) is 5.95 Å². The molecule has 3 aromatic rings. The molecule has 1 unspecified atom stereocenters. The lowest BCUT2D eigenvalue weighted by Gasteiger charge is -2.38. The van der Waals surface area contributed by atoms with E-state index < -0.39 is 17.0 Å². The van der Waals surface area contributed by atoms with E-state index in [-0.39, 0.29) is 17.9 Å². The van der Waals surface area contributed by atoms with E-state index in [1.54, 1.807) is 24.5 Å². The number of aliphatic hydroxyl groups is 1. The van der Waals surface area contributed by atoms with Crippen molar-refractivity contribution in [2.24, 2.45) is 11.5 Å². The van der Waals surface area contributed by atoms with Gasteiger partial charge in [0.15, 0.2) is 0 Å². The molecule has 0 fully saturated rings. The van der Waals surface area contributed by atoms with Gasteiger partial charge in [-0.3, -0.25) is 0 Å². The summed E-state index contributed by atoms with van der Waals surface area (Å²) in [4.78, 5) is 9.03. The van der Waals surface area contributed by atoms with E-state index in [0.717, 1.165) is 24.1 Å². The molecule has 7 nitrogen and oxygen atoms in total. The van der Waals surface area contributed by atoms with Crippen molar-refractivity contribution in [1.29, 1.82) is 0 Å². The number of hydrogen-bond donors (Lipinski definition) is 3. The zero-order valence-electron chi connectivity index (χ0n) is 18.3. The molecule has 2 heterocycles. The van der Waals surface area contributed by atoms with Crippen molar-refractivity contribution < 1.29 is 13.9 Å². The normalized spacial score (nSPS) is 19.2. The molecule has 0 spiro atoms. The van der Waals surface area contributed by atoms with Crippen molar-refractivity contribution in [2.45, 2.75) is 44.6 Å². The smallest absolute Gasteiger partial charge is 0.250 e. The molecule has 0 saturated carbocycles. The lowest BCUT2D eigenvalue weighted by atomic mass is 9.69. The zero-order valence-corrected chi connectivity index (χ0v) is 18.3. The van der Waals surface area contributed by atoms with E-state index in [1.807, 2.05) is 13.0 Å². The molecule has 33 heavy (non-hydrogen) atoms. The lowest BCUT2D eigenvalue weighted by Crippen LogP contribution is -2.37. The zero-order chi connectivity index (χ0) is 23.6. The largest absolute Gasteiger partial charge is 0.401 e. The number of benzene rings is 1. The fourth-order valence-corrected chi connectivity index (χ4v) is 4.44. The van der Waals surface area contributed by atoms with Gasteiger partial charge in [0, 0.05) is 23.8 Å². The van der Waals surface area contributed by atoms with Crippen molar-refractivity contribution in [3.63, 3.8) is 0 Å². The van der Waals surface area contributed by atoms with Crippen LogP contribution in [0.25, 0.3) is 11.6 Å². The molecule has 5 N–H and O–H groups in total. The number of rotatable bonds is 6. The van der Waals surface area contributed by atoms with Crippen molar-refractivity contribution >= 4 is 5.70 Å². The standard InChI is InChI=1S/C24H26F2N6O/c1-2-24(20-8-11-29-23(30-20)32-12-9-16(14-33)31-32)10-4-5-15(22(24)28)13-19(27)21-17(25)6-3-7-18(21)26/h3,6-9,11-13,33H,2,4-5,10,14,27-28H2,1H3/b19-13-. The number of allylic oxidation sites excluding steroid dienone is 3. The molecule has 1 aliphatic rings. The van der Waals surface area contributed by atoms with Crippen molar-refractivity contribution in [2.75, 3.05) is 0 Å². The Morgan fingerprint density at radius 3 is 2.67 bits per heavy atom. The maximum atomic E-state index is 14.2. The van der Waals surface area contributed by atoms with Gasteiger partial charge in [0.2, 0.25) is 0 Å². The van der Waals surface area contributed by atoms with Crippen molar-refractivity contribution in [1.82, 2.24) is 19.7 Å². The minimum absolute atomic E-state index is 0.00750. The third kappa shape index (κ3) is 4.11. The van der Waals surface area contributed by atoms with Crippen LogP contribution < -0.4 is 11.5 Å². The quantitative estimate of drug-likeness (QED) is 0.527. The molecule has 172 valence electrons. The first-order valence-corrected chi connectivity index (χ1v) is 10.8. The fourth-order valence-electron chi connectivity index (χ4n) is 4.44. The van der Waals surface area contributed by atoms with Gasteiger partial charge in [-0.2, -0.15) is 5.10 Å². The minimum atomic E-state index is -0.720. The van der Waals surface area contributed by atoms with Gasteiger partial charge in [0.05, 0.1) is 29.0 Å². The van der Waals surface area contributed by atoms with Crippen molar-refractivity contribution in [3.8, 4) is 5.95 Å². The first-order chi connectivity index (χ1) is 15.9. The Morgan fingerprint density at radius 2 is 2.00 bits per heavy atom. The molecule has 4 rings (SSSR count). The predicted octanol–water partition coefficient (Wildman–Crippen LogP) is 3.48. The van der Waals surface area contributed by atoms with Crippen LogP contribution >= 0.6 is 0 Å². The lowest BCUT2D eigenvalue weighted by molar-refractivity contribution is 0.276. The van der Waals surface area contributed by atoms with Crippen LogP contribution in [0.5, 0.6) is 0 Å². The minimum Gasteiger partial charge on any atom is -0.401 e. The first-order valence-electron chi connectivity index (χ1n) is 10.8. The van der Waals surface area contributed by atoms with E-state index in [2.05, 4.69) is 10.1 Å². The highest BCUT2D eigenvalue weighted by Gasteiger charge is 2.39. The number of halogens is 2. The third-order valence-corrected chi connectivity index (χ3v) is 6.24. The number of aliphatic hydroxyl groups excluding tert-OH is 1. The molecule has 1 aromatic carbocycles. The number of nitrogens with two attached hydrogens (primary N) is 2. The summed E-state index contributed by atoms with van der Waals surface area (Å²) in [6, 6.07) is 7.16. The maximum Gasteiger partial charge on any atom is 0.250 e. The average Bonchev–Trinajstić information content (AvgIpc) is 3.30.